The van der Waals surface area contributed by atoms with Gasteiger partial charge in [-0.2, -0.15) is 0 Å². The first-order chi connectivity index (χ1) is 16.0. The van der Waals surface area contributed by atoms with Gasteiger partial charge in [0.25, 0.3) is 11.8 Å². The molecule has 0 aromatic heterocycles. The molecule has 1 aliphatic heterocycles. The molecule has 1 saturated carbocycles. The van der Waals surface area contributed by atoms with Crippen LogP contribution in [0, 0.1) is 0 Å². The van der Waals surface area contributed by atoms with Crippen LogP contribution in [0.2, 0.25) is 0 Å². The van der Waals surface area contributed by atoms with Crippen LogP contribution in [0.4, 0.5) is 5.69 Å². The number of anilines is 1. The van der Waals surface area contributed by atoms with Crippen molar-refractivity contribution in [3.05, 3.63) is 65.2 Å². The number of carbonyl (C=O) groups excluding carboxylic acids is 2. The molecule has 1 aliphatic carbocycles. The molecule has 3 N–H and O–H groups in total. The first kappa shape index (κ1) is 23.1. The molecule has 1 fully saturated rings. The number of fused-ring (bicyclic) bond motifs is 1. The van der Waals surface area contributed by atoms with Gasteiger partial charge < -0.3 is 20.9 Å². The third kappa shape index (κ3) is 5.11. The van der Waals surface area contributed by atoms with Crippen LogP contribution in [0.15, 0.2) is 48.5 Å². The minimum atomic E-state index is -0.135. The zero-order chi connectivity index (χ0) is 23.4. The van der Waals surface area contributed by atoms with E-state index < -0.39 is 0 Å². The molecule has 0 bridgehead atoms. The van der Waals surface area contributed by atoms with Gasteiger partial charge in [-0.3, -0.25) is 9.59 Å². The van der Waals surface area contributed by atoms with Crippen LogP contribution in [0.5, 0.6) is 0 Å². The van der Waals surface area contributed by atoms with Gasteiger partial charge in [-0.05, 0) is 63.9 Å². The lowest BCUT2D eigenvalue weighted by molar-refractivity contribution is -0.110. The Hall–Kier alpha value is -3.12. The average molecular weight is 447 g/mol. The Morgan fingerprint density at radius 3 is 2.42 bits per heavy atom. The lowest BCUT2D eigenvalue weighted by Gasteiger charge is -2.34. The molecule has 0 atom stereocenters. The Morgan fingerprint density at radius 1 is 1.03 bits per heavy atom. The molecule has 2 aromatic rings. The van der Waals surface area contributed by atoms with Crippen molar-refractivity contribution < 1.29 is 9.59 Å². The van der Waals surface area contributed by atoms with Gasteiger partial charge in [-0.15, -0.1) is 0 Å². The number of benzene rings is 2. The molecule has 2 amide bonds. The lowest BCUT2D eigenvalue weighted by Crippen LogP contribution is -2.39. The normalized spacial score (nSPS) is 21.4. The fourth-order valence-electron chi connectivity index (χ4n) is 4.75. The SMILES string of the molecule is CCCNC(=O)c1ccc2c(c1)NC(=O)/C2=C(\NC1CCC(N(C)C)CC1)c1ccccc1. The molecule has 33 heavy (non-hydrogen) atoms. The lowest BCUT2D eigenvalue weighted by atomic mass is 9.89. The highest BCUT2D eigenvalue weighted by molar-refractivity contribution is 6.36. The highest BCUT2D eigenvalue weighted by Crippen LogP contribution is 2.37. The molecule has 2 aromatic carbocycles. The topological polar surface area (TPSA) is 73.5 Å². The first-order valence-corrected chi connectivity index (χ1v) is 11.9. The molecule has 0 radical (unpaired) electrons. The first-order valence-electron chi connectivity index (χ1n) is 11.9. The van der Waals surface area contributed by atoms with Crippen LogP contribution in [-0.4, -0.2) is 49.4 Å². The smallest absolute Gasteiger partial charge is 0.258 e. The van der Waals surface area contributed by atoms with E-state index >= 15 is 0 Å². The van der Waals surface area contributed by atoms with Crippen LogP contribution in [0.25, 0.3) is 11.3 Å². The summed E-state index contributed by atoms with van der Waals surface area (Å²) in [5.41, 5.74) is 4.58. The number of rotatable bonds is 7. The molecule has 0 saturated heterocycles. The van der Waals surface area contributed by atoms with Crippen molar-refractivity contribution in [3.8, 4) is 0 Å². The Kier molecular flexibility index (Phi) is 7.14. The largest absolute Gasteiger partial charge is 0.381 e. The Labute approximate surface area is 196 Å². The van der Waals surface area contributed by atoms with Gasteiger partial charge in [0.15, 0.2) is 0 Å². The van der Waals surface area contributed by atoms with Gasteiger partial charge in [0.2, 0.25) is 0 Å². The summed E-state index contributed by atoms with van der Waals surface area (Å²) in [6.07, 6.45) is 5.29. The van der Waals surface area contributed by atoms with Gasteiger partial charge in [-0.25, -0.2) is 0 Å². The molecular weight excluding hydrogens is 412 g/mol. The van der Waals surface area contributed by atoms with Gasteiger partial charge in [-0.1, -0.05) is 43.3 Å². The van der Waals surface area contributed by atoms with Crippen LogP contribution >= 0.6 is 0 Å². The van der Waals surface area contributed by atoms with E-state index in [0.717, 1.165) is 48.9 Å². The predicted molar refractivity (Wildman–Crippen MR) is 134 cm³/mol. The van der Waals surface area contributed by atoms with E-state index in [-0.39, 0.29) is 11.8 Å². The highest BCUT2D eigenvalue weighted by atomic mass is 16.2. The van der Waals surface area contributed by atoms with Crippen LogP contribution in [0.3, 0.4) is 0 Å². The van der Waals surface area contributed by atoms with Crippen LogP contribution < -0.4 is 16.0 Å². The van der Waals surface area contributed by atoms with Crippen molar-refractivity contribution in [1.82, 2.24) is 15.5 Å². The highest BCUT2D eigenvalue weighted by Gasteiger charge is 2.31. The van der Waals surface area contributed by atoms with Crippen molar-refractivity contribution in [1.29, 1.82) is 0 Å². The fraction of sp³-hybridized carbons (Fsp3) is 0.407. The van der Waals surface area contributed by atoms with Crippen molar-refractivity contribution in [2.24, 2.45) is 0 Å². The van der Waals surface area contributed by atoms with E-state index in [9.17, 15) is 9.59 Å². The molecule has 2 aliphatic rings. The van der Waals surface area contributed by atoms with Crippen molar-refractivity contribution >= 4 is 28.8 Å². The van der Waals surface area contributed by atoms with Gasteiger partial charge >= 0.3 is 0 Å². The summed E-state index contributed by atoms with van der Waals surface area (Å²) in [5, 5.41) is 9.61. The van der Waals surface area contributed by atoms with Crippen LogP contribution in [-0.2, 0) is 4.79 Å². The third-order valence-corrected chi connectivity index (χ3v) is 6.65. The van der Waals surface area contributed by atoms with Gasteiger partial charge in [0.1, 0.15) is 0 Å². The molecule has 1 heterocycles. The fourth-order valence-corrected chi connectivity index (χ4v) is 4.75. The second-order valence-electron chi connectivity index (χ2n) is 9.20. The maximum atomic E-state index is 13.2. The van der Waals surface area contributed by atoms with Crippen molar-refractivity contribution in [2.45, 2.75) is 51.1 Å². The second kappa shape index (κ2) is 10.2. The molecule has 174 valence electrons. The van der Waals surface area contributed by atoms with E-state index in [4.69, 9.17) is 0 Å². The number of amides is 2. The van der Waals surface area contributed by atoms with Crippen molar-refractivity contribution in [3.63, 3.8) is 0 Å². The molecule has 4 rings (SSSR count). The summed E-state index contributed by atoms with van der Waals surface area (Å²) >= 11 is 0. The monoisotopic (exact) mass is 446 g/mol. The minimum Gasteiger partial charge on any atom is -0.381 e. The summed E-state index contributed by atoms with van der Waals surface area (Å²) in [5.74, 6) is -0.255. The second-order valence-corrected chi connectivity index (χ2v) is 9.20. The van der Waals surface area contributed by atoms with E-state index in [1.807, 2.05) is 43.3 Å². The number of carbonyl (C=O) groups is 2. The molecule has 0 spiro atoms. The summed E-state index contributed by atoms with van der Waals surface area (Å²) < 4.78 is 0. The number of nitrogens with one attached hydrogen (secondary N) is 3. The number of nitrogens with zero attached hydrogens (tertiary/aromatic N) is 1. The Balaban J connectivity index is 1.67. The molecular formula is C27H34N4O2. The van der Waals surface area contributed by atoms with Crippen molar-refractivity contribution in [2.75, 3.05) is 26.0 Å². The summed E-state index contributed by atoms with van der Waals surface area (Å²) in [6, 6.07) is 16.4. The maximum absolute atomic E-state index is 13.2. The summed E-state index contributed by atoms with van der Waals surface area (Å²) in [7, 11) is 4.29. The Bertz CT molecular complexity index is 1040. The van der Waals surface area contributed by atoms with Gasteiger partial charge in [0.05, 0.1) is 11.3 Å². The zero-order valence-electron chi connectivity index (χ0n) is 19.8. The molecule has 6 nitrogen and oxygen atoms in total. The molecule has 6 heteroatoms. The predicted octanol–water partition coefficient (Wildman–Crippen LogP) is 4.11. The number of hydrogen-bond donors (Lipinski definition) is 3. The third-order valence-electron chi connectivity index (χ3n) is 6.65. The standard InChI is InChI=1S/C27H34N4O2/c1-4-16-28-26(32)19-10-15-22-23(17-19)30-27(33)24(22)25(18-8-6-5-7-9-18)29-20-11-13-21(14-12-20)31(2)3/h5-10,15,17,20-21,29H,4,11-14,16H2,1-3H3,(H,28,32)(H,30,33)/b25-24-. The van der Waals surface area contributed by atoms with E-state index in [2.05, 4.69) is 34.9 Å². The average Bonchev–Trinajstić information content (AvgIpc) is 3.16. The minimum absolute atomic E-state index is 0.120. The quantitative estimate of drug-likeness (QED) is 0.560. The van der Waals surface area contributed by atoms with Crippen LogP contribution in [0.1, 0.15) is 60.5 Å². The number of hydrogen-bond acceptors (Lipinski definition) is 4. The van der Waals surface area contributed by atoms with Gasteiger partial charge in [0, 0.05) is 35.4 Å². The van der Waals surface area contributed by atoms with E-state index in [0.29, 0.717) is 35.5 Å². The van der Waals surface area contributed by atoms with E-state index in [1.54, 1.807) is 12.1 Å². The Morgan fingerprint density at radius 2 is 1.76 bits per heavy atom. The molecule has 0 unspecified atom stereocenters. The summed E-state index contributed by atoms with van der Waals surface area (Å²) in [6.45, 7) is 2.65. The maximum Gasteiger partial charge on any atom is 0.258 e. The van der Waals surface area contributed by atoms with E-state index in [1.165, 1.54) is 0 Å². The zero-order valence-corrected chi connectivity index (χ0v) is 19.8. The summed E-state index contributed by atoms with van der Waals surface area (Å²) in [4.78, 5) is 27.9.